The number of hydrogen-bond acceptors (Lipinski definition) is 3. The Hall–Kier alpha value is -2.66. The van der Waals surface area contributed by atoms with Crippen LogP contribution in [0.15, 0.2) is 71.6 Å². The highest BCUT2D eigenvalue weighted by Crippen LogP contribution is 2.44. The first kappa shape index (κ1) is 22.0. The van der Waals surface area contributed by atoms with Gasteiger partial charge < -0.3 is 16.4 Å². The van der Waals surface area contributed by atoms with Crippen molar-refractivity contribution in [2.24, 2.45) is 11.1 Å². The summed E-state index contributed by atoms with van der Waals surface area (Å²) < 4.78 is 26.4. The van der Waals surface area contributed by atoms with Crippen molar-refractivity contribution in [1.29, 1.82) is 0 Å². The van der Waals surface area contributed by atoms with Crippen molar-refractivity contribution in [3.8, 4) is 0 Å². The lowest BCUT2D eigenvalue weighted by molar-refractivity contribution is 0.281. The molecule has 1 heterocycles. The number of hydrogen-bond donors (Lipinski definition) is 3. The van der Waals surface area contributed by atoms with Crippen molar-refractivity contribution in [2.45, 2.75) is 39.5 Å². The maximum Gasteiger partial charge on any atom is 0.123 e. The number of benzene rings is 2. The summed E-state index contributed by atoms with van der Waals surface area (Å²) >= 11 is 0. The van der Waals surface area contributed by atoms with Crippen molar-refractivity contribution in [3.63, 3.8) is 0 Å². The van der Waals surface area contributed by atoms with Crippen molar-refractivity contribution < 1.29 is 8.78 Å². The van der Waals surface area contributed by atoms with Gasteiger partial charge in [-0.05, 0) is 73.8 Å². The van der Waals surface area contributed by atoms with E-state index in [0.29, 0.717) is 0 Å². The van der Waals surface area contributed by atoms with E-state index in [2.05, 4.69) is 30.6 Å². The summed E-state index contributed by atoms with van der Waals surface area (Å²) in [5.74, 6) is -0.483. The topological polar surface area (TPSA) is 50.1 Å². The van der Waals surface area contributed by atoms with E-state index >= 15 is 0 Å². The van der Waals surface area contributed by atoms with Crippen LogP contribution in [0.4, 0.5) is 14.5 Å². The zero-order valence-corrected chi connectivity index (χ0v) is 17.8. The largest absolute Gasteiger partial charge is 0.400 e. The van der Waals surface area contributed by atoms with E-state index in [4.69, 9.17) is 5.73 Å². The summed E-state index contributed by atoms with van der Waals surface area (Å²) in [5, 5.41) is 6.81. The normalized spacial score (nSPS) is 20.6. The first-order valence-electron chi connectivity index (χ1n) is 10.6. The molecular formula is C25H31F2N3. The van der Waals surface area contributed by atoms with Crippen LogP contribution in [0.1, 0.15) is 38.7 Å². The Morgan fingerprint density at radius 2 is 1.60 bits per heavy atom. The van der Waals surface area contributed by atoms with Crippen molar-refractivity contribution in [2.75, 3.05) is 18.4 Å². The van der Waals surface area contributed by atoms with Crippen LogP contribution >= 0.6 is 0 Å². The van der Waals surface area contributed by atoms with Gasteiger partial charge >= 0.3 is 0 Å². The molecule has 4 rings (SSSR count). The summed E-state index contributed by atoms with van der Waals surface area (Å²) in [6, 6.07) is 13.0. The molecule has 0 amide bonds. The molecular weight excluding hydrogens is 380 g/mol. The van der Waals surface area contributed by atoms with E-state index in [-0.39, 0.29) is 17.0 Å². The number of rotatable bonds is 4. The summed E-state index contributed by atoms with van der Waals surface area (Å²) in [7, 11) is 0. The number of anilines is 1. The predicted octanol–water partition coefficient (Wildman–Crippen LogP) is 5.52. The fourth-order valence-corrected chi connectivity index (χ4v) is 4.09. The van der Waals surface area contributed by atoms with Gasteiger partial charge in [-0.1, -0.05) is 38.0 Å². The Morgan fingerprint density at radius 1 is 1.00 bits per heavy atom. The zero-order valence-electron chi connectivity index (χ0n) is 17.8. The standard InChI is InChI=1S/C22H23F2N3.C3H8/c23-17-3-1-15(2-4-17)12-22-13-20(25)21(11-16(22)9-10-26-14-22)27-19-7-5-18(24)6-8-19;1-3-2/h1-8,11,26-27H,9-10,12-14,25H2;3H2,1-2H3. The maximum absolute atomic E-state index is 13.3. The predicted molar refractivity (Wildman–Crippen MR) is 120 cm³/mol. The quantitative estimate of drug-likeness (QED) is 0.621. The van der Waals surface area contributed by atoms with Gasteiger partial charge in [0.1, 0.15) is 11.6 Å². The fraction of sp³-hybridized carbons (Fsp3) is 0.360. The van der Waals surface area contributed by atoms with E-state index < -0.39 is 0 Å². The highest BCUT2D eigenvalue weighted by Gasteiger charge is 2.39. The molecule has 1 aliphatic heterocycles. The van der Waals surface area contributed by atoms with Crippen LogP contribution in [0.25, 0.3) is 0 Å². The van der Waals surface area contributed by atoms with Gasteiger partial charge in [-0.25, -0.2) is 8.78 Å². The molecule has 1 saturated heterocycles. The molecule has 2 aromatic rings. The molecule has 160 valence electrons. The summed E-state index contributed by atoms with van der Waals surface area (Å²) in [4.78, 5) is 0. The van der Waals surface area contributed by atoms with E-state index in [9.17, 15) is 8.78 Å². The van der Waals surface area contributed by atoms with Crippen LogP contribution in [0.5, 0.6) is 0 Å². The molecule has 0 spiro atoms. The number of piperidine rings is 1. The minimum atomic E-state index is -0.263. The van der Waals surface area contributed by atoms with Gasteiger partial charge in [-0.15, -0.1) is 0 Å². The highest BCUT2D eigenvalue weighted by atomic mass is 19.1. The van der Waals surface area contributed by atoms with Crippen LogP contribution in [-0.2, 0) is 6.42 Å². The van der Waals surface area contributed by atoms with E-state index in [1.807, 2.05) is 12.1 Å². The molecule has 5 heteroatoms. The molecule has 4 N–H and O–H groups in total. The van der Waals surface area contributed by atoms with Crippen molar-refractivity contribution in [1.82, 2.24) is 5.32 Å². The number of halogens is 2. The fourth-order valence-electron chi connectivity index (χ4n) is 4.09. The first-order chi connectivity index (χ1) is 14.5. The van der Waals surface area contributed by atoms with E-state index in [1.54, 1.807) is 12.1 Å². The van der Waals surface area contributed by atoms with Gasteiger partial charge in [0.15, 0.2) is 0 Å². The Kier molecular flexibility index (Phi) is 7.27. The smallest absolute Gasteiger partial charge is 0.123 e. The molecule has 1 aliphatic carbocycles. The summed E-state index contributed by atoms with van der Waals surface area (Å²) in [5.41, 5.74) is 11.3. The van der Waals surface area contributed by atoms with Gasteiger partial charge in [-0.3, -0.25) is 0 Å². The minimum Gasteiger partial charge on any atom is -0.400 e. The lowest BCUT2D eigenvalue weighted by Crippen LogP contribution is -2.46. The molecule has 2 aliphatic rings. The Balaban J connectivity index is 0.000000806. The molecule has 1 fully saturated rings. The number of nitrogens with two attached hydrogens (primary N) is 1. The Bertz CT molecular complexity index is 901. The van der Waals surface area contributed by atoms with Crippen molar-refractivity contribution >= 4 is 5.69 Å². The Morgan fingerprint density at radius 3 is 2.23 bits per heavy atom. The molecule has 2 aromatic carbocycles. The molecule has 30 heavy (non-hydrogen) atoms. The third kappa shape index (κ3) is 5.28. The van der Waals surface area contributed by atoms with Crippen LogP contribution in [0.2, 0.25) is 0 Å². The van der Waals surface area contributed by atoms with Gasteiger partial charge in [0.2, 0.25) is 0 Å². The second kappa shape index (κ2) is 9.90. The number of nitrogens with one attached hydrogen (secondary N) is 2. The second-order valence-electron chi connectivity index (χ2n) is 8.13. The monoisotopic (exact) mass is 411 g/mol. The van der Waals surface area contributed by atoms with Crippen molar-refractivity contribution in [3.05, 3.63) is 88.8 Å². The second-order valence-corrected chi connectivity index (χ2v) is 8.13. The number of allylic oxidation sites excluding steroid dienone is 2. The molecule has 1 unspecified atom stereocenters. The van der Waals surface area contributed by atoms with Crippen LogP contribution < -0.4 is 16.4 Å². The van der Waals surface area contributed by atoms with Crippen LogP contribution in [0, 0.1) is 17.0 Å². The SMILES string of the molecule is CCC.NC1=C(Nc2ccc(F)cc2)C=C2CCNCC2(Cc2ccc(F)cc2)C1. The molecule has 1 atom stereocenters. The molecule has 3 nitrogen and oxygen atoms in total. The lowest BCUT2D eigenvalue weighted by atomic mass is 9.66. The maximum atomic E-state index is 13.3. The molecule has 0 radical (unpaired) electrons. The highest BCUT2D eigenvalue weighted by molar-refractivity contribution is 5.54. The average molecular weight is 412 g/mol. The van der Waals surface area contributed by atoms with Crippen LogP contribution in [-0.4, -0.2) is 13.1 Å². The van der Waals surface area contributed by atoms with Gasteiger partial charge in [0, 0.05) is 23.3 Å². The van der Waals surface area contributed by atoms with Crippen LogP contribution in [0.3, 0.4) is 0 Å². The summed E-state index contributed by atoms with van der Waals surface area (Å²) in [6.45, 7) is 6.03. The van der Waals surface area contributed by atoms with Gasteiger partial charge in [0.25, 0.3) is 0 Å². The third-order valence-electron chi connectivity index (χ3n) is 5.49. The summed E-state index contributed by atoms with van der Waals surface area (Å²) in [6.07, 6.45) is 5.89. The number of fused-ring (bicyclic) bond motifs is 1. The first-order valence-corrected chi connectivity index (χ1v) is 10.6. The molecule has 0 bridgehead atoms. The average Bonchev–Trinajstić information content (AvgIpc) is 2.73. The minimum absolute atomic E-state index is 0.0891. The van der Waals surface area contributed by atoms with E-state index in [1.165, 1.54) is 36.3 Å². The van der Waals surface area contributed by atoms with Gasteiger partial charge in [-0.2, -0.15) is 0 Å². The van der Waals surface area contributed by atoms with E-state index in [0.717, 1.165) is 55.0 Å². The zero-order chi connectivity index (χ0) is 21.6. The lowest BCUT2D eigenvalue weighted by Gasteiger charge is -2.43. The Labute approximate surface area is 178 Å². The third-order valence-corrected chi connectivity index (χ3v) is 5.49. The molecule has 0 aromatic heterocycles. The van der Waals surface area contributed by atoms with Gasteiger partial charge in [0.05, 0.1) is 5.70 Å². The molecule has 0 saturated carbocycles.